The fourth-order valence-corrected chi connectivity index (χ4v) is 4.46. The Kier molecular flexibility index (Phi) is 14.8. The molecule has 0 radical (unpaired) electrons. The molecule has 0 heterocycles. The van der Waals surface area contributed by atoms with Gasteiger partial charge in [0.15, 0.2) is 0 Å². The van der Waals surface area contributed by atoms with Crippen molar-refractivity contribution in [3.63, 3.8) is 0 Å². The summed E-state index contributed by atoms with van der Waals surface area (Å²) in [6.45, 7) is 4.73. The summed E-state index contributed by atoms with van der Waals surface area (Å²) in [7, 11) is 0. The van der Waals surface area contributed by atoms with Crippen LogP contribution in [0.15, 0.2) is 54.6 Å². The van der Waals surface area contributed by atoms with E-state index >= 15 is 0 Å². The van der Waals surface area contributed by atoms with Crippen molar-refractivity contribution < 1.29 is 29.0 Å². The Labute approximate surface area is 227 Å². The number of hydrogen-bond acceptors (Lipinski definition) is 5. The molecule has 2 rings (SSSR count). The average Bonchev–Trinajstić information content (AvgIpc) is 2.92. The van der Waals surface area contributed by atoms with Gasteiger partial charge in [-0.3, -0.25) is 14.4 Å². The number of aliphatic carboxylic acids is 1. The van der Waals surface area contributed by atoms with Crippen LogP contribution in [-0.4, -0.2) is 29.6 Å². The Hall–Kier alpha value is -3.15. The fraction of sp³-hybridized carbons (Fsp3) is 0.531. The summed E-state index contributed by atoms with van der Waals surface area (Å²) in [6.07, 6.45) is 7.07. The Bertz CT molecular complexity index is 954. The number of carbonyl (C=O) groups is 3. The number of esters is 2. The Balaban J connectivity index is 2.11. The van der Waals surface area contributed by atoms with Crippen LogP contribution in [0.2, 0.25) is 0 Å². The van der Waals surface area contributed by atoms with Crippen LogP contribution in [0.3, 0.4) is 0 Å². The van der Waals surface area contributed by atoms with Crippen LogP contribution in [0, 0.1) is 11.8 Å². The van der Waals surface area contributed by atoms with Crippen molar-refractivity contribution in [2.45, 2.75) is 91.1 Å². The molecule has 2 aromatic rings. The zero-order valence-corrected chi connectivity index (χ0v) is 23.0. The van der Waals surface area contributed by atoms with Crippen molar-refractivity contribution in [1.82, 2.24) is 0 Å². The molecule has 1 unspecified atom stereocenters. The lowest BCUT2D eigenvalue weighted by atomic mass is 9.86. The molecule has 0 aliphatic rings. The first-order valence-corrected chi connectivity index (χ1v) is 14.1. The lowest BCUT2D eigenvalue weighted by Crippen LogP contribution is -2.27. The van der Waals surface area contributed by atoms with Gasteiger partial charge in [-0.1, -0.05) is 87.7 Å². The number of benzene rings is 2. The quantitative estimate of drug-likeness (QED) is 0.158. The summed E-state index contributed by atoms with van der Waals surface area (Å²) in [5, 5.41) is 8.97. The third kappa shape index (κ3) is 12.4. The van der Waals surface area contributed by atoms with E-state index in [9.17, 15) is 14.4 Å². The van der Waals surface area contributed by atoms with Crippen molar-refractivity contribution in [1.29, 1.82) is 0 Å². The van der Waals surface area contributed by atoms with Gasteiger partial charge in [-0.05, 0) is 61.6 Å². The topological polar surface area (TPSA) is 89.9 Å². The number of carbonyl (C=O) groups excluding carboxylic acids is 2. The molecule has 0 amide bonds. The molecule has 2 aromatic carbocycles. The molecule has 1 N–H and O–H groups in total. The van der Waals surface area contributed by atoms with Gasteiger partial charge in [-0.25, -0.2) is 0 Å². The van der Waals surface area contributed by atoms with Gasteiger partial charge < -0.3 is 14.6 Å². The number of carboxylic acids is 1. The molecule has 2 atom stereocenters. The maximum atomic E-state index is 13.3. The summed E-state index contributed by atoms with van der Waals surface area (Å²) in [5.41, 5.74) is 3.36. The lowest BCUT2D eigenvalue weighted by molar-refractivity contribution is -0.154. The largest absolute Gasteiger partial charge is 0.481 e. The van der Waals surface area contributed by atoms with Gasteiger partial charge in [0, 0.05) is 6.42 Å². The van der Waals surface area contributed by atoms with Gasteiger partial charge in [-0.15, -0.1) is 0 Å². The van der Waals surface area contributed by atoms with E-state index in [-0.39, 0.29) is 25.0 Å². The van der Waals surface area contributed by atoms with Gasteiger partial charge >= 0.3 is 17.9 Å². The molecule has 6 heteroatoms. The smallest absolute Gasteiger partial charge is 0.309 e. The van der Waals surface area contributed by atoms with Crippen LogP contribution in [0.1, 0.15) is 88.3 Å². The molecule has 0 fully saturated rings. The number of rotatable bonds is 19. The molecular weight excluding hydrogens is 480 g/mol. The fourth-order valence-electron chi connectivity index (χ4n) is 4.46. The van der Waals surface area contributed by atoms with Crippen molar-refractivity contribution in [2.75, 3.05) is 6.61 Å². The molecule has 6 nitrogen and oxygen atoms in total. The standard InChI is InChI=1S/C32H44O6/c1-3-5-22-37-31(35)28(14-9-10-15-30(33)34)23-29(32(36)38-24-27-12-7-6-8-13-27)21-20-26-18-16-25(11-4-2)17-19-26/h6-8,12-13,16-19,28-29H,3-5,9-11,14-15,20-24H2,1-2H3,(H,33,34)/t28?,29-/m1/s1. The highest BCUT2D eigenvalue weighted by Gasteiger charge is 2.29. The van der Waals surface area contributed by atoms with Crippen molar-refractivity contribution in [3.8, 4) is 0 Å². The summed E-state index contributed by atoms with van der Waals surface area (Å²) in [6, 6.07) is 18.0. The van der Waals surface area contributed by atoms with E-state index in [4.69, 9.17) is 14.6 Å². The van der Waals surface area contributed by atoms with Crippen LogP contribution in [0.25, 0.3) is 0 Å². The second kappa shape index (κ2) is 18.2. The van der Waals surface area contributed by atoms with Gasteiger partial charge in [0.25, 0.3) is 0 Å². The van der Waals surface area contributed by atoms with Crippen LogP contribution >= 0.6 is 0 Å². The Morgan fingerprint density at radius 2 is 1.34 bits per heavy atom. The van der Waals surface area contributed by atoms with Crippen molar-refractivity contribution >= 4 is 17.9 Å². The Morgan fingerprint density at radius 3 is 1.97 bits per heavy atom. The molecule has 0 spiro atoms. The number of ether oxygens (including phenoxy) is 2. The maximum absolute atomic E-state index is 13.3. The van der Waals surface area contributed by atoms with E-state index in [0.717, 1.165) is 36.8 Å². The normalized spacial score (nSPS) is 12.5. The third-order valence-corrected chi connectivity index (χ3v) is 6.74. The molecule has 0 bridgehead atoms. The van der Waals surface area contributed by atoms with E-state index in [0.29, 0.717) is 45.1 Å². The second-order valence-electron chi connectivity index (χ2n) is 9.99. The number of unbranched alkanes of at least 4 members (excludes halogenated alkanes) is 2. The monoisotopic (exact) mass is 524 g/mol. The molecule has 0 aliphatic heterocycles. The summed E-state index contributed by atoms with van der Waals surface area (Å²) < 4.78 is 11.2. The predicted molar refractivity (Wildman–Crippen MR) is 149 cm³/mol. The second-order valence-corrected chi connectivity index (χ2v) is 9.99. The van der Waals surface area contributed by atoms with Gasteiger partial charge in [-0.2, -0.15) is 0 Å². The first kappa shape index (κ1) is 31.1. The zero-order valence-electron chi connectivity index (χ0n) is 23.0. The molecule has 0 saturated heterocycles. The SMILES string of the molecule is CCCCOC(=O)C(CCCCC(=O)O)C[C@@H](CCc1ccc(CCC)cc1)C(=O)OCc1ccccc1. The summed E-state index contributed by atoms with van der Waals surface area (Å²) in [4.78, 5) is 37.2. The van der Waals surface area contributed by atoms with Gasteiger partial charge in [0.05, 0.1) is 18.4 Å². The maximum Gasteiger partial charge on any atom is 0.309 e. The minimum Gasteiger partial charge on any atom is -0.481 e. The van der Waals surface area contributed by atoms with E-state index in [1.807, 2.05) is 37.3 Å². The lowest BCUT2D eigenvalue weighted by Gasteiger charge is -2.22. The highest BCUT2D eigenvalue weighted by molar-refractivity contribution is 5.76. The van der Waals surface area contributed by atoms with Crippen LogP contribution in [0.5, 0.6) is 0 Å². The minimum absolute atomic E-state index is 0.0637. The predicted octanol–water partition coefficient (Wildman–Crippen LogP) is 6.93. The zero-order chi connectivity index (χ0) is 27.6. The van der Waals surface area contributed by atoms with E-state index in [2.05, 4.69) is 31.2 Å². The van der Waals surface area contributed by atoms with Gasteiger partial charge in [0.1, 0.15) is 6.61 Å². The van der Waals surface area contributed by atoms with Crippen LogP contribution in [-0.2, 0) is 43.3 Å². The summed E-state index contributed by atoms with van der Waals surface area (Å²) >= 11 is 0. The molecule has 0 aromatic heterocycles. The average molecular weight is 525 g/mol. The van der Waals surface area contributed by atoms with Gasteiger partial charge in [0.2, 0.25) is 0 Å². The van der Waals surface area contributed by atoms with E-state index in [1.165, 1.54) is 5.56 Å². The van der Waals surface area contributed by atoms with Crippen molar-refractivity contribution in [3.05, 3.63) is 71.3 Å². The van der Waals surface area contributed by atoms with Crippen LogP contribution < -0.4 is 0 Å². The van der Waals surface area contributed by atoms with E-state index in [1.54, 1.807) is 0 Å². The minimum atomic E-state index is -0.848. The number of hydrogen-bond donors (Lipinski definition) is 1. The van der Waals surface area contributed by atoms with Crippen molar-refractivity contribution in [2.24, 2.45) is 11.8 Å². The molecule has 208 valence electrons. The number of aryl methyl sites for hydroxylation is 2. The highest BCUT2D eigenvalue weighted by Crippen LogP contribution is 2.26. The first-order valence-electron chi connectivity index (χ1n) is 14.1. The molecule has 38 heavy (non-hydrogen) atoms. The molecular formula is C32H44O6. The Morgan fingerprint density at radius 1 is 0.711 bits per heavy atom. The van der Waals surface area contributed by atoms with E-state index < -0.39 is 17.8 Å². The first-order chi connectivity index (χ1) is 18.4. The highest BCUT2D eigenvalue weighted by atomic mass is 16.5. The molecule has 0 saturated carbocycles. The number of carboxylic acid groups (broad SMARTS) is 1. The molecule has 0 aliphatic carbocycles. The summed E-state index contributed by atoms with van der Waals surface area (Å²) in [5.74, 6) is -2.40. The van der Waals surface area contributed by atoms with Crippen LogP contribution in [0.4, 0.5) is 0 Å². The third-order valence-electron chi connectivity index (χ3n) is 6.74.